The van der Waals surface area contributed by atoms with E-state index in [4.69, 9.17) is 14.0 Å². The van der Waals surface area contributed by atoms with Crippen LogP contribution in [0.4, 0.5) is 0 Å². The first-order valence-electron chi connectivity index (χ1n) is 6.89. The SMILES string of the molecule is CC1(C)OB(c2ccc3c(c2)C(=O)COC3)OC1(C)C. The Hall–Kier alpha value is -1.17. The van der Waals surface area contributed by atoms with E-state index in [0.29, 0.717) is 6.61 Å². The minimum Gasteiger partial charge on any atom is -0.399 e. The Labute approximate surface area is 119 Å². The van der Waals surface area contributed by atoms with E-state index in [2.05, 4.69) is 0 Å². The van der Waals surface area contributed by atoms with Crippen molar-refractivity contribution in [1.82, 2.24) is 0 Å². The summed E-state index contributed by atoms with van der Waals surface area (Å²) in [7, 11) is -0.430. The minimum atomic E-state index is -0.430. The Morgan fingerprint density at radius 3 is 2.35 bits per heavy atom. The third-order valence-electron chi connectivity index (χ3n) is 4.45. The van der Waals surface area contributed by atoms with E-state index in [1.165, 1.54) is 0 Å². The van der Waals surface area contributed by atoms with Gasteiger partial charge >= 0.3 is 7.12 Å². The molecule has 2 aliphatic rings. The standard InChI is InChI=1S/C15H19BO4/c1-14(2)15(3,4)20-16(19-14)11-6-5-10-8-18-9-13(17)12(10)7-11/h5-7H,8-9H2,1-4H3. The number of ether oxygens (including phenoxy) is 1. The Kier molecular flexibility index (Phi) is 3.05. The summed E-state index contributed by atoms with van der Waals surface area (Å²) in [6.45, 7) is 8.72. The van der Waals surface area contributed by atoms with Gasteiger partial charge in [-0.2, -0.15) is 0 Å². The summed E-state index contributed by atoms with van der Waals surface area (Å²) in [4.78, 5) is 11.9. The molecule has 2 aliphatic heterocycles. The van der Waals surface area contributed by atoms with Crippen molar-refractivity contribution in [3.8, 4) is 0 Å². The van der Waals surface area contributed by atoms with Gasteiger partial charge < -0.3 is 14.0 Å². The van der Waals surface area contributed by atoms with Gasteiger partial charge in [0.1, 0.15) is 6.61 Å². The van der Waals surface area contributed by atoms with Gasteiger partial charge in [0.2, 0.25) is 0 Å². The molecule has 0 aliphatic carbocycles. The molecular weight excluding hydrogens is 255 g/mol. The smallest absolute Gasteiger partial charge is 0.399 e. The number of ketones is 1. The van der Waals surface area contributed by atoms with Crippen molar-refractivity contribution in [2.24, 2.45) is 0 Å². The summed E-state index contributed by atoms with van der Waals surface area (Å²) in [6, 6.07) is 5.75. The van der Waals surface area contributed by atoms with E-state index in [9.17, 15) is 4.79 Å². The first kappa shape index (κ1) is 13.8. The molecular formula is C15H19BO4. The molecule has 20 heavy (non-hydrogen) atoms. The molecule has 0 amide bonds. The summed E-state index contributed by atoms with van der Waals surface area (Å²) in [5.41, 5.74) is 1.80. The summed E-state index contributed by atoms with van der Waals surface area (Å²) in [6.07, 6.45) is 0. The number of hydrogen-bond donors (Lipinski definition) is 0. The summed E-state index contributed by atoms with van der Waals surface area (Å²) in [5, 5.41) is 0. The molecule has 0 N–H and O–H groups in total. The molecule has 4 nitrogen and oxygen atoms in total. The number of fused-ring (bicyclic) bond motifs is 1. The van der Waals surface area contributed by atoms with Gasteiger partial charge in [-0.1, -0.05) is 18.2 Å². The van der Waals surface area contributed by atoms with Crippen molar-refractivity contribution in [1.29, 1.82) is 0 Å². The minimum absolute atomic E-state index is 0.0182. The highest BCUT2D eigenvalue weighted by molar-refractivity contribution is 6.62. The van der Waals surface area contributed by atoms with Gasteiger partial charge in [-0.3, -0.25) is 4.79 Å². The highest BCUT2D eigenvalue weighted by atomic mass is 16.7. The molecule has 0 atom stereocenters. The van der Waals surface area contributed by atoms with E-state index < -0.39 is 7.12 Å². The van der Waals surface area contributed by atoms with Crippen LogP contribution in [-0.4, -0.2) is 30.7 Å². The van der Waals surface area contributed by atoms with Crippen molar-refractivity contribution in [2.75, 3.05) is 6.61 Å². The molecule has 0 aromatic heterocycles. The van der Waals surface area contributed by atoms with E-state index in [0.717, 1.165) is 16.6 Å². The number of benzene rings is 1. The molecule has 0 unspecified atom stereocenters. The van der Waals surface area contributed by atoms with Gasteiger partial charge in [0, 0.05) is 5.56 Å². The second-order valence-electron chi connectivity index (χ2n) is 6.42. The molecule has 106 valence electrons. The molecule has 0 bridgehead atoms. The molecule has 1 saturated heterocycles. The van der Waals surface area contributed by atoms with Gasteiger partial charge in [0.25, 0.3) is 0 Å². The Bertz CT molecular complexity index is 549. The molecule has 0 radical (unpaired) electrons. The maximum atomic E-state index is 11.9. The fourth-order valence-electron chi connectivity index (χ4n) is 2.44. The highest BCUT2D eigenvalue weighted by Crippen LogP contribution is 2.36. The van der Waals surface area contributed by atoms with E-state index >= 15 is 0 Å². The van der Waals surface area contributed by atoms with Crippen LogP contribution in [-0.2, 0) is 20.7 Å². The van der Waals surface area contributed by atoms with Crippen LogP contribution in [0.5, 0.6) is 0 Å². The van der Waals surface area contributed by atoms with Crippen molar-refractivity contribution >= 4 is 18.4 Å². The molecule has 5 heteroatoms. The molecule has 1 fully saturated rings. The van der Waals surface area contributed by atoms with Crippen LogP contribution in [0.15, 0.2) is 18.2 Å². The maximum Gasteiger partial charge on any atom is 0.494 e. The van der Waals surface area contributed by atoms with Crippen LogP contribution < -0.4 is 5.46 Å². The van der Waals surface area contributed by atoms with E-state index in [1.54, 1.807) is 0 Å². The summed E-state index contributed by atoms with van der Waals surface area (Å²) in [5.74, 6) is 0.0182. The van der Waals surface area contributed by atoms with Crippen LogP contribution in [0.3, 0.4) is 0 Å². The third kappa shape index (κ3) is 2.10. The Balaban J connectivity index is 1.93. The lowest BCUT2D eigenvalue weighted by Gasteiger charge is -2.32. The normalized spacial score (nSPS) is 23.8. The largest absolute Gasteiger partial charge is 0.494 e. The van der Waals surface area contributed by atoms with Crippen molar-refractivity contribution in [2.45, 2.75) is 45.5 Å². The van der Waals surface area contributed by atoms with Crippen LogP contribution in [0.25, 0.3) is 0 Å². The topological polar surface area (TPSA) is 44.8 Å². The number of Topliss-reactive ketones (excluding diaryl/α,β-unsaturated/α-hetero) is 1. The number of carbonyl (C=O) groups excluding carboxylic acids is 1. The average Bonchev–Trinajstić information content (AvgIpc) is 2.59. The molecule has 1 aromatic carbocycles. The molecule has 1 aromatic rings. The fourth-order valence-corrected chi connectivity index (χ4v) is 2.44. The Morgan fingerprint density at radius 2 is 1.70 bits per heavy atom. The lowest BCUT2D eigenvalue weighted by Crippen LogP contribution is -2.41. The Morgan fingerprint density at radius 1 is 1.05 bits per heavy atom. The monoisotopic (exact) mass is 274 g/mol. The van der Waals surface area contributed by atoms with Crippen LogP contribution in [0, 0.1) is 0 Å². The second kappa shape index (κ2) is 4.42. The average molecular weight is 274 g/mol. The van der Waals surface area contributed by atoms with Crippen molar-refractivity contribution in [3.05, 3.63) is 29.3 Å². The number of rotatable bonds is 1. The van der Waals surface area contributed by atoms with Gasteiger partial charge in [-0.15, -0.1) is 0 Å². The number of hydrogen-bond acceptors (Lipinski definition) is 4. The fraction of sp³-hybridized carbons (Fsp3) is 0.533. The lowest BCUT2D eigenvalue weighted by atomic mass is 9.77. The first-order chi connectivity index (χ1) is 9.30. The quantitative estimate of drug-likeness (QED) is 0.731. The predicted molar refractivity (Wildman–Crippen MR) is 76.1 cm³/mol. The van der Waals surface area contributed by atoms with Gasteiger partial charge in [0.15, 0.2) is 5.78 Å². The predicted octanol–water partition coefficient (Wildman–Crippen LogP) is 1.70. The molecule has 3 rings (SSSR count). The lowest BCUT2D eigenvalue weighted by molar-refractivity contribution is 0.00578. The van der Waals surface area contributed by atoms with Gasteiger partial charge in [-0.05, 0) is 38.7 Å². The number of carbonyl (C=O) groups is 1. The first-order valence-corrected chi connectivity index (χ1v) is 6.89. The highest BCUT2D eigenvalue weighted by Gasteiger charge is 2.51. The zero-order valence-electron chi connectivity index (χ0n) is 12.4. The van der Waals surface area contributed by atoms with Crippen molar-refractivity contribution < 1.29 is 18.8 Å². The van der Waals surface area contributed by atoms with E-state index in [1.807, 2.05) is 45.9 Å². The zero-order valence-corrected chi connectivity index (χ0v) is 12.4. The van der Waals surface area contributed by atoms with Crippen LogP contribution >= 0.6 is 0 Å². The van der Waals surface area contributed by atoms with Crippen molar-refractivity contribution in [3.63, 3.8) is 0 Å². The maximum absolute atomic E-state index is 11.9. The van der Waals surface area contributed by atoms with Crippen LogP contribution in [0.1, 0.15) is 43.6 Å². The zero-order chi connectivity index (χ0) is 14.5. The molecule has 0 saturated carbocycles. The summed E-state index contributed by atoms with van der Waals surface area (Å²) >= 11 is 0. The second-order valence-corrected chi connectivity index (χ2v) is 6.42. The third-order valence-corrected chi connectivity index (χ3v) is 4.45. The van der Waals surface area contributed by atoms with Crippen LogP contribution in [0.2, 0.25) is 0 Å². The summed E-state index contributed by atoms with van der Waals surface area (Å²) < 4.78 is 17.3. The molecule has 2 heterocycles. The van der Waals surface area contributed by atoms with Gasteiger partial charge in [-0.25, -0.2) is 0 Å². The van der Waals surface area contributed by atoms with E-state index in [-0.39, 0.29) is 23.6 Å². The van der Waals surface area contributed by atoms with Gasteiger partial charge in [0.05, 0.1) is 17.8 Å². The molecule has 0 spiro atoms.